The van der Waals surface area contributed by atoms with E-state index in [1.165, 1.54) is 6.26 Å². The normalized spacial score (nSPS) is 9.75. The van der Waals surface area contributed by atoms with Crippen molar-refractivity contribution >= 4 is 23.4 Å². The van der Waals surface area contributed by atoms with Crippen LogP contribution in [0.3, 0.4) is 0 Å². The highest BCUT2D eigenvalue weighted by atomic mass is 35.5. The molecule has 0 aliphatic rings. The lowest BCUT2D eigenvalue weighted by Gasteiger charge is -2.06. The quantitative estimate of drug-likeness (QED) is 0.614. The first kappa shape index (κ1) is 10.3. The summed E-state index contributed by atoms with van der Waals surface area (Å²) in [4.78, 5) is 7.86. The van der Waals surface area contributed by atoms with Crippen LogP contribution in [0.25, 0.3) is 11.5 Å². The van der Waals surface area contributed by atoms with Crippen molar-refractivity contribution < 1.29 is 4.42 Å². The molecule has 0 amide bonds. The van der Waals surface area contributed by atoms with E-state index in [1.807, 2.05) is 0 Å². The van der Waals surface area contributed by atoms with E-state index in [4.69, 9.17) is 28.2 Å². The predicted octanol–water partition coefficient (Wildman–Crippen LogP) is 1.97. The topological polar surface area (TPSA) is 77.0 Å². The minimum absolute atomic E-state index is 0.0635. The molecule has 2 rings (SSSR count). The molecule has 0 bridgehead atoms. The van der Waals surface area contributed by atoms with Crippen LogP contribution >= 0.6 is 11.6 Å². The molecule has 3 N–H and O–H groups in total. The number of terminal acetylenes is 1. The average molecular weight is 235 g/mol. The number of rotatable bonds is 2. The van der Waals surface area contributed by atoms with E-state index in [0.717, 1.165) is 0 Å². The molecule has 2 heterocycles. The third-order valence-electron chi connectivity index (χ3n) is 1.81. The summed E-state index contributed by atoms with van der Waals surface area (Å²) in [7, 11) is 0. The highest BCUT2D eigenvalue weighted by Gasteiger charge is 2.14. The molecule has 0 aromatic carbocycles. The third kappa shape index (κ3) is 1.78. The summed E-state index contributed by atoms with van der Waals surface area (Å²) in [6, 6.07) is 5.65. The maximum absolute atomic E-state index is 6.05. The zero-order chi connectivity index (χ0) is 11.5. The molecule has 0 aliphatic carbocycles. The van der Waals surface area contributed by atoms with Gasteiger partial charge in [-0.3, -0.25) is 5.32 Å². The van der Waals surface area contributed by atoms with Gasteiger partial charge in [-0.05, 0) is 12.1 Å². The van der Waals surface area contributed by atoms with Crippen molar-refractivity contribution in [2.24, 2.45) is 0 Å². The molecular formula is C10H7ClN4O. The first-order valence-corrected chi connectivity index (χ1v) is 4.68. The number of nitrogens with zero attached hydrogens (tertiary/aromatic N) is 2. The van der Waals surface area contributed by atoms with Gasteiger partial charge in [0.05, 0.1) is 6.26 Å². The van der Waals surface area contributed by atoms with Crippen LogP contribution in [0.1, 0.15) is 0 Å². The minimum atomic E-state index is 0.0635. The molecule has 0 unspecified atom stereocenters. The number of hydrogen-bond donors (Lipinski definition) is 2. The average Bonchev–Trinajstić information content (AvgIpc) is 2.76. The van der Waals surface area contributed by atoms with E-state index in [-0.39, 0.29) is 16.8 Å². The van der Waals surface area contributed by atoms with Crippen molar-refractivity contribution in [1.82, 2.24) is 9.97 Å². The molecule has 0 atom stereocenters. The second kappa shape index (κ2) is 4.13. The summed E-state index contributed by atoms with van der Waals surface area (Å²) >= 11 is 6.05. The van der Waals surface area contributed by atoms with E-state index in [2.05, 4.69) is 21.3 Å². The highest BCUT2D eigenvalue weighted by Crippen LogP contribution is 2.31. The maximum atomic E-state index is 6.05. The summed E-state index contributed by atoms with van der Waals surface area (Å²) in [5, 5.41) is 2.81. The van der Waals surface area contributed by atoms with Crippen molar-refractivity contribution in [2.45, 2.75) is 0 Å². The van der Waals surface area contributed by atoms with E-state index >= 15 is 0 Å². The van der Waals surface area contributed by atoms with Crippen LogP contribution in [0.4, 0.5) is 11.8 Å². The van der Waals surface area contributed by atoms with Crippen LogP contribution in [0.15, 0.2) is 22.8 Å². The van der Waals surface area contributed by atoms with Gasteiger partial charge in [-0.25, -0.2) is 4.98 Å². The second-order valence-corrected chi connectivity index (χ2v) is 3.22. The van der Waals surface area contributed by atoms with Crippen LogP contribution in [0.5, 0.6) is 0 Å². The summed E-state index contributed by atoms with van der Waals surface area (Å²) in [5.74, 6) is 0.843. The van der Waals surface area contributed by atoms with Gasteiger partial charge >= 0.3 is 0 Å². The molecule has 80 valence electrons. The number of halogens is 1. The van der Waals surface area contributed by atoms with Crippen molar-refractivity contribution in [3.05, 3.63) is 23.4 Å². The van der Waals surface area contributed by atoms with E-state index in [0.29, 0.717) is 11.5 Å². The van der Waals surface area contributed by atoms with Crippen molar-refractivity contribution in [3.8, 4) is 23.9 Å². The second-order valence-electron chi connectivity index (χ2n) is 2.84. The van der Waals surface area contributed by atoms with Gasteiger partial charge in [0.2, 0.25) is 5.95 Å². The van der Waals surface area contributed by atoms with E-state index in [1.54, 1.807) is 12.1 Å². The van der Waals surface area contributed by atoms with Gasteiger partial charge in [-0.2, -0.15) is 4.98 Å². The third-order valence-corrected chi connectivity index (χ3v) is 2.17. The molecule has 5 nitrogen and oxygen atoms in total. The molecule has 0 saturated heterocycles. The Morgan fingerprint density at radius 1 is 1.50 bits per heavy atom. The van der Waals surface area contributed by atoms with Crippen LogP contribution < -0.4 is 11.1 Å². The maximum Gasteiger partial charge on any atom is 0.222 e. The van der Waals surface area contributed by atoms with Gasteiger partial charge in [0.15, 0.2) is 11.6 Å². The monoisotopic (exact) mass is 234 g/mol. The van der Waals surface area contributed by atoms with Gasteiger partial charge in [0.25, 0.3) is 0 Å². The molecule has 0 fully saturated rings. The Bertz CT molecular complexity index is 545. The van der Waals surface area contributed by atoms with Crippen LogP contribution in [0, 0.1) is 12.5 Å². The number of nitrogen functional groups attached to an aromatic ring is 1. The molecular weight excluding hydrogens is 228 g/mol. The number of aromatic nitrogens is 2. The predicted molar refractivity (Wildman–Crippen MR) is 61.6 cm³/mol. The standard InChI is InChI=1S/C10H7ClN4O/c1-2-13-9-7(11)8(14-10(12)15-9)6-4-3-5-16-6/h1,3-5H,(H3,12,13,14,15). The van der Waals surface area contributed by atoms with Gasteiger partial charge in [0, 0.05) is 6.04 Å². The largest absolute Gasteiger partial charge is 0.463 e. The summed E-state index contributed by atoms with van der Waals surface area (Å²) in [6.45, 7) is 0. The zero-order valence-electron chi connectivity index (χ0n) is 8.07. The lowest BCUT2D eigenvalue weighted by atomic mass is 10.3. The number of hydrogen-bond acceptors (Lipinski definition) is 5. The van der Waals surface area contributed by atoms with E-state index < -0.39 is 0 Å². The Hall–Kier alpha value is -2.19. The smallest absolute Gasteiger partial charge is 0.222 e. The molecule has 2 aromatic rings. The van der Waals surface area contributed by atoms with Crippen molar-refractivity contribution in [1.29, 1.82) is 0 Å². The zero-order valence-corrected chi connectivity index (χ0v) is 8.82. The molecule has 0 radical (unpaired) electrons. The lowest BCUT2D eigenvalue weighted by Crippen LogP contribution is -2.02. The Morgan fingerprint density at radius 3 is 2.94 bits per heavy atom. The molecule has 6 heteroatoms. The molecule has 0 aliphatic heterocycles. The summed E-state index contributed by atoms with van der Waals surface area (Å²) in [5.41, 5.74) is 5.93. The molecule has 16 heavy (non-hydrogen) atoms. The van der Waals surface area contributed by atoms with E-state index in [9.17, 15) is 0 Å². The molecule has 0 spiro atoms. The van der Waals surface area contributed by atoms with Gasteiger partial charge in [-0.1, -0.05) is 18.0 Å². The first-order chi connectivity index (χ1) is 7.72. The van der Waals surface area contributed by atoms with Crippen LogP contribution in [-0.4, -0.2) is 9.97 Å². The van der Waals surface area contributed by atoms with Crippen molar-refractivity contribution in [2.75, 3.05) is 11.1 Å². The van der Waals surface area contributed by atoms with Crippen molar-refractivity contribution in [3.63, 3.8) is 0 Å². The highest BCUT2D eigenvalue weighted by molar-refractivity contribution is 6.35. The number of anilines is 2. The Morgan fingerprint density at radius 2 is 2.31 bits per heavy atom. The first-order valence-electron chi connectivity index (χ1n) is 4.31. The number of nitrogens with one attached hydrogen (secondary N) is 1. The number of furan rings is 1. The number of nitrogens with two attached hydrogens (primary N) is 1. The van der Waals surface area contributed by atoms with Crippen LogP contribution in [0.2, 0.25) is 5.02 Å². The molecule has 2 aromatic heterocycles. The minimum Gasteiger partial charge on any atom is -0.463 e. The van der Waals surface area contributed by atoms with Gasteiger partial charge in [-0.15, -0.1) is 0 Å². The van der Waals surface area contributed by atoms with Gasteiger partial charge < -0.3 is 10.2 Å². The Balaban J connectivity index is 2.58. The van der Waals surface area contributed by atoms with Crippen LogP contribution in [-0.2, 0) is 0 Å². The summed E-state index contributed by atoms with van der Waals surface area (Å²) < 4.78 is 5.18. The van der Waals surface area contributed by atoms with Gasteiger partial charge in [0.1, 0.15) is 10.7 Å². The summed E-state index contributed by atoms with van der Waals surface area (Å²) in [6.07, 6.45) is 6.62. The Labute approximate surface area is 96.6 Å². The fourth-order valence-electron chi connectivity index (χ4n) is 1.19. The molecule has 0 saturated carbocycles. The SMILES string of the molecule is C#CNc1nc(N)nc(-c2ccco2)c1Cl. The Kier molecular flexibility index (Phi) is 2.66. The fourth-order valence-corrected chi connectivity index (χ4v) is 1.42. The fraction of sp³-hybridized carbons (Fsp3) is 0. The lowest BCUT2D eigenvalue weighted by molar-refractivity contribution is 0.580.